The molecule has 0 amide bonds. The molecule has 1 aliphatic rings. The second kappa shape index (κ2) is 7.29. The van der Waals surface area contributed by atoms with Crippen LogP contribution < -0.4 is 30.1 Å². The highest BCUT2D eigenvalue weighted by atomic mass is 35.5. The molecule has 30 heavy (non-hydrogen) atoms. The maximum absolute atomic E-state index is 14.7. The average Bonchev–Trinajstić information content (AvgIpc) is 3.05. The van der Waals surface area contributed by atoms with Crippen molar-refractivity contribution < 1.29 is 27.6 Å². The van der Waals surface area contributed by atoms with Gasteiger partial charge < -0.3 is 18.8 Å². The zero-order chi connectivity index (χ0) is 21.7. The van der Waals surface area contributed by atoms with E-state index < -0.39 is 19.2 Å². The third kappa shape index (κ3) is 3.34. The van der Waals surface area contributed by atoms with Gasteiger partial charge in [0.15, 0.2) is 18.6 Å². The Morgan fingerprint density at radius 1 is 0.900 bits per heavy atom. The predicted octanol–water partition coefficient (Wildman–Crippen LogP) is 4.93. The Bertz CT molecular complexity index is 1110. The Morgan fingerprint density at radius 3 is 1.83 bits per heavy atom. The number of hydrogen-bond donors (Lipinski definition) is 0. The van der Waals surface area contributed by atoms with Crippen molar-refractivity contribution in [3.8, 4) is 17.2 Å². The Labute approximate surface area is 177 Å². The predicted molar refractivity (Wildman–Crippen MR) is 113 cm³/mol. The smallest absolute Gasteiger partial charge is 0.493 e. The minimum Gasteiger partial charge on any atom is -0.493 e. The summed E-state index contributed by atoms with van der Waals surface area (Å²) in [5.74, 6) is -0.757. The lowest BCUT2D eigenvalue weighted by atomic mass is 10.2. The molecule has 4 rings (SSSR count). The van der Waals surface area contributed by atoms with Gasteiger partial charge in [-0.1, -0.05) is 71.3 Å². The van der Waals surface area contributed by atoms with Gasteiger partial charge in [-0.15, -0.1) is 8.78 Å². The number of alkyl halides is 2. The molecule has 3 aromatic rings. The van der Waals surface area contributed by atoms with Crippen molar-refractivity contribution in [3.05, 3.63) is 70.7 Å². The first-order valence-corrected chi connectivity index (χ1v) is 11.2. The molecule has 0 radical (unpaired) electrons. The fourth-order valence-electron chi connectivity index (χ4n) is 3.34. The molecule has 0 N–H and O–H groups in total. The number of aryl methyl sites for hydroxylation is 2. The van der Waals surface area contributed by atoms with Gasteiger partial charge in [-0.2, -0.15) is 0 Å². The van der Waals surface area contributed by atoms with E-state index in [4.69, 9.17) is 16.3 Å². The maximum atomic E-state index is 14.7. The fraction of sp³-hybridized carbons (Fsp3) is 0.182. The fourth-order valence-corrected chi connectivity index (χ4v) is 6.55. The van der Waals surface area contributed by atoms with Crippen LogP contribution in [0.5, 0.6) is 17.2 Å². The van der Waals surface area contributed by atoms with Crippen LogP contribution in [0.15, 0.2) is 54.6 Å². The van der Waals surface area contributed by atoms with E-state index in [2.05, 4.69) is 9.47 Å². The van der Waals surface area contributed by atoms with Crippen LogP contribution in [0.4, 0.5) is 8.78 Å². The molecule has 0 saturated carbocycles. The van der Waals surface area contributed by atoms with Crippen molar-refractivity contribution in [3.63, 3.8) is 0 Å². The lowest BCUT2D eigenvalue weighted by Crippen LogP contribution is -2.27. The number of hydrogen-bond acceptors (Lipinski definition) is 4. The number of fused-ring (bicyclic) bond motifs is 1. The molecule has 8 heteroatoms. The van der Waals surface area contributed by atoms with Crippen LogP contribution in [0.3, 0.4) is 0 Å². The summed E-state index contributed by atoms with van der Waals surface area (Å²) in [4.78, 5) is 0. The molecule has 1 heterocycles. The van der Waals surface area contributed by atoms with Crippen molar-refractivity contribution in [2.75, 3.05) is 7.11 Å². The first kappa shape index (κ1) is 20.7. The van der Waals surface area contributed by atoms with Gasteiger partial charge in [0.05, 0.1) is 12.1 Å². The molecule has 0 unspecified atom stereocenters. The summed E-state index contributed by atoms with van der Waals surface area (Å²) < 4.78 is 56.6. The van der Waals surface area contributed by atoms with Gasteiger partial charge >= 0.3 is 6.29 Å². The first-order chi connectivity index (χ1) is 14.2. The highest BCUT2D eigenvalue weighted by Gasteiger charge is 2.48. The molecular formula is C22H18ClF2O4P. The molecule has 0 atom stereocenters. The van der Waals surface area contributed by atoms with Crippen LogP contribution in [0.25, 0.3) is 0 Å². The topological polar surface area (TPSA) is 44.8 Å². The molecule has 0 bridgehead atoms. The van der Waals surface area contributed by atoms with Gasteiger partial charge in [-0.25, -0.2) is 0 Å². The molecule has 0 aliphatic carbocycles. The van der Waals surface area contributed by atoms with Crippen molar-refractivity contribution in [2.45, 2.75) is 20.1 Å². The Balaban J connectivity index is 2.03. The lowest BCUT2D eigenvalue weighted by molar-refractivity contribution is -0.287. The van der Waals surface area contributed by atoms with Gasteiger partial charge in [-0.3, -0.25) is 0 Å². The Hall–Kier alpha value is -2.56. The molecule has 0 aromatic heterocycles. The van der Waals surface area contributed by atoms with E-state index in [1.165, 1.54) is 13.2 Å². The van der Waals surface area contributed by atoms with Crippen LogP contribution in [0.2, 0.25) is 5.02 Å². The molecule has 0 fully saturated rings. The van der Waals surface area contributed by atoms with Gasteiger partial charge in [0, 0.05) is 15.9 Å². The Morgan fingerprint density at radius 2 is 1.37 bits per heavy atom. The third-order valence-electron chi connectivity index (χ3n) is 4.92. The monoisotopic (exact) mass is 450 g/mol. The largest absolute Gasteiger partial charge is 0.586 e. The maximum Gasteiger partial charge on any atom is 0.586 e. The quantitative estimate of drug-likeness (QED) is 0.529. The Kier molecular flexibility index (Phi) is 5.03. The SMILES string of the molecule is COc1cc(P(=O)(c2ccc(C)cc2)c2ccc(C)cc2)c(Cl)c2c1OC(F)(F)O2. The van der Waals surface area contributed by atoms with Crippen LogP contribution in [0.1, 0.15) is 11.1 Å². The van der Waals surface area contributed by atoms with Crippen molar-refractivity contribution in [2.24, 2.45) is 0 Å². The summed E-state index contributed by atoms with van der Waals surface area (Å²) in [7, 11) is -2.26. The summed E-state index contributed by atoms with van der Waals surface area (Å²) in [6, 6.07) is 15.7. The van der Waals surface area contributed by atoms with Crippen LogP contribution >= 0.6 is 18.7 Å². The van der Waals surface area contributed by atoms with Gasteiger partial charge in [0.2, 0.25) is 5.75 Å². The minimum atomic E-state index is -3.89. The number of halogens is 3. The zero-order valence-electron chi connectivity index (χ0n) is 16.4. The van der Waals surface area contributed by atoms with E-state index >= 15 is 0 Å². The van der Waals surface area contributed by atoms with E-state index in [1.807, 2.05) is 38.1 Å². The minimum absolute atomic E-state index is 0.0407. The van der Waals surface area contributed by atoms with Gasteiger partial charge in [0.1, 0.15) is 0 Å². The van der Waals surface area contributed by atoms with Crippen LogP contribution in [-0.2, 0) is 4.57 Å². The summed E-state index contributed by atoms with van der Waals surface area (Å²) in [6.45, 7) is 3.83. The normalized spacial score (nSPS) is 14.6. The van der Waals surface area contributed by atoms with Gasteiger partial charge in [0.25, 0.3) is 0 Å². The highest BCUT2D eigenvalue weighted by Crippen LogP contribution is 2.55. The van der Waals surface area contributed by atoms with E-state index in [0.29, 0.717) is 10.6 Å². The van der Waals surface area contributed by atoms with Crippen LogP contribution in [-0.4, -0.2) is 13.4 Å². The highest BCUT2D eigenvalue weighted by molar-refractivity contribution is 7.85. The van der Waals surface area contributed by atoms with Crippen molar-refractivity contribution in [1.82, 2.24) is 0 Å². The van der Waals surface area contributed by atoms with Crippen LogP contribution in [0, 0.1) is 13.8 Å². The molecule has 156 valence electrons. The molecule has 4 nitrogen and oxygen atoms in total. The van der Waals surface area contributed by atoms with E-state index in [9.17, 15) is 13.3 Å². The number of ether oxygens (including phenoxy) is 3. The molecule has 3 aromatic carbocycles. The molecule has 0 saturated heterocycles. The third-order valence-corrected chi connectivity index (χ3v) is 8.51. The first-order valence-electron chi connectivity index (χ1n) is 9.07. The average molecular weight is 451 g/mol. The number of benzene rings is 3. The summed E-state index contributed by atoms with van der Waals surface area (Å²) in [5.41, 5.74) is 1.98. The molecule has 0 spiro atoms. The number of methoxy groups -OCH3 is 1. The summed E-state index contributed by atoms with van der Waals surface area (Å²) in [5, 5.41) is 0.944. The van der Waals surface area contributed by atoms with Gasteiger partial charge in [-0.05, 0) is 19.9 Å². The second-order valence-electron chi connectivity index (χ2n) is 7.02. The lowest BCUT2D eigenvalue weighted by Gasteiger charge is -2.22. The van der Waals surface area contributed by atoms with E-state index in [1.54, 1.807) is 24.3 Å². The van der Waals surface area contributed by atoms with Crippen molar-refractivity contribution >= 4 is 34.7 Å². The van der Waals surface area contributed by atoms with Crippen molar-refractivity contribution in [1.29, 1.82) is 0 Å². The summed E-state index contributed by atoms with van der Waals surface area (Å²) in [6.07, 6.45) is -3.89. The zero-order valence-corrected chi connectivity index (χ0v) is 18.1. The molecule has 1 aliphatic heterocycles. The second-order valence-corrected chi connectivity index (χ2v) is 10.1. The molecular weight excluding hydrogens is 433 g/mol. The van der Waals surface area contributed by atoms with E-state index in [-0.39, 0.29) is 21.8 Å². The van der Waals surface area contributed by atoms with E-state index in [0.717, 1.165) is 11.1 Å². The number of rotatable bonds is 4. The summed E-state index contributed by atoms with van der Waals surface area (Å²) >= 11 is 6.49. The standard InChI is InChI=1S/C22H18ClF2O4P/c1-13-4-8-15(9-5-13)30(26,16-10-6-14(2)7-11-16)18-12-17(27-3)20-21(19(18)23)29-22(24,25)28-20/h4-12H,1-3H3.